The molecule has 188 valence electrons. The highest BCUT2D eigenvalue weighted by atomic mass is 32.1. The van der Waals surface area contributed by atoms with E-state index < -0.39 is 0 Å². The van der Waals surface area contributed by atoms with Crippen LogP contribution in [-0.4, -0.2) is 0 Å². The molecule has 4 aromatic rings. The molecule has 0 bridgehead atoms. The summed E-state index contributed by atoms with van der Waals surface area (Å²) in [5, 5.41) is 6.77. The molecule has 0 atom stereocenters. The summed E-state index contributed by atoms with van der Waals surface area (Å²) in [6.07, 6.45) is 5.81. The number of thiophene rings is 2. The fourth-order valence-electron chi connectivity index (χ4n) is 4.67. The zero-order chi connectivity index (χ0) is 25.6. The predicted octanol–water partition coefficient (Wildman–Crippen LogP) is 9.66. The van der Waals surface area contributed by atoms with E-state index in [0.29, 0.717) is 0 Å². The van der Waals surface area contributed by atoms with Crippen molar-refractivity contribution in [3.8, 4) is 0 Å². The van der Waals surface area contributed by atoms with Gasteiger partial charge in [0.05, 0.1) is 17.9 Å². The van der Waals surface area contributed by atoms with Crippen molar-refractivity contribution in [3.05, 3.63) is 91.6 Å². The second-order valence-corrected chi connectivity index (χ2v) is 14.5. The third kappa shape index (κ3) is 5.54. The van der Waals surface area contributed by atoms with Crippen molar-refractivity contribution in [1.29, 1.82) is 0 Å². The van der Waals surface area contributed by atoms with Crippen LogP contribution in [-0.2, 0) is 34.5 Å². The Labute approximate surface area is 219 Å². The van der Waals surface area contributed by atoms with E-state index >= 15 is 0 Å². The van der Waals surface area contributed by atoms with Crippen LogP contribution in [0.1, 0.15) is 101 Å². The minimum absolute atomic E-state index is 0.0215. The van der Waals surface area contributed by atoms with E-state index in [1.54, 1.807) is 11.3 Å². The fraction of sp³-hybridized carbons (Fsp3) is 0.484. The molecule has 4 heterocycles. The van der Waals surface area contributed by atoms with E-state index in [1.165, 1.54) is 27.1 Å². The largest absolute Gasteiger partial charge is 0.469 e. The van der Waals surface area contributed by atoms with Crippen LogP contribution in [0.25, 0.3) is 0 Å². The first-order valence-corrected chi connectivity index (χ1v) is 14.3. The van der Waals surface area contributed by atoms with E-state index in [1.807, 2.05) is 23.9 Å². The summed E-state index contributed by atoms with van der Waals surface area (Å²) in [6.45, 7) is 20.3. The van der Waals surface area contributed by atoms with Gasteiger partial charge in [0, 0.05) is 10.3 Å². The minimum atomic E-state index is -0.182. The maximum Gasteiger partial charge on any atom is 0.114 e. The average molecular weight is 509 g/mol. The SMILES string of the molecule is CC(C)(C)c1cc(CC(C)(C)c2coc(C(C)(C)c3cc(CC(C)(C)c4ccsc4)cs3)c2)co1. The van der Waals surface area contributed by atoms with Crippen LogP contribution < -0.4 is 0 Å². The van der Waals surface area contributed by atoms with Gasteiger partial charge in [-0.3, -0.25) is 0 Å². The highest BCUT2D eigenvalue weighted by Gasteiger charge is 2.33. The van der Waals surface area contributed by atoms with Gasteiger partial charge in [0.25, 0.3) is 0 Å². The quantitative estimate of drug-likeness (QED) is 0.237. The van der Waals surface area contributed by atoms with Gasteiger partial charge in [-0.1, -0.05) is 48.5 Å². The number of furan rings is 2. The normalized spacial score (nSPS) is 13.5. The Morgan fingerprint density at radius 2 is 1.34 bits per heavy atom. The first-order valence-electron chi connectivity index (χ1n) is 12.5. The third-order valence-corrected chi connectivity index (χ3v) is 9.24. The molecule has 0 fully saturated rings. The van der Waals surface area contributed by atoms with Crippen LogP contribution >= 0.6 is 22.7 Å². The van der Waals surface area contributed by atoms with Crippen molar-refractivity contribution in [2.24, 2.45) is 0 Å². The van der Waals surface area contributed by atoms with Crippen molar-refractivity contribution >= 4 is 22.7 Å². The highest BCUT2D eigenvalue weighted by Crippen LogP contribution is 2.40. The lowest BCUT2D eigenvalue weighted by molar-refractivity contribution is 0.408. The Kier molecular flexibility index (Phi) is 6.78. The lowest BCUT2D eigenvalue weighted by Crippen LogP contribution is -2.21. The lowest BCUT2D eigenvalue weighted by atomic mass is 9.79. The second-order valence-electron chi connectivity index (χ2n) is 12.8. The first kappa shape index (κ1) is 26.0. The minimum Gasteiger partial charge on any atom is -0.469 e. The van der Waals surface area contributed by atoms with Gasteiger partial charge in [-0.25, -0.2) is 0 Å². The molecule has 0 saturated carbocycles. The molecule has 0 spiro atoms. The van der Waals surface area contributed by atoms with Gasteiger partial charge in [0.2, 0.25) is 0 Å². The number of hydrogen-bond acceptors (Lipinski definition) is 4. The van der Waals surface area contributed by atoms with Gasteiger partial charge in [0.15, 0.2) is 0 Å². The van der Waals surface area contributed by atoms with E-state index in [4.69, 9.17) is 8.83 Å². The molecule has 4 heteroatoms. The van der Waals surface area contributed by atoms with Gasteiger partial charge in [-0.05, 0) is 100 Å². The molecule has 0 aliphatic heterocycles. The molecule has 0 radical (unpaired) electrons. The standard InChI is InChI=1S/C31H40O2S2/c1-28(2,3)25-12-21(17-32-25)15-30(6,7)24-14-26(33-18-24)31(8,9)27-13-22(19-35-27)16-29(4,5)23-10-11-34-20-23/h10-14,17-20H,15-16H2,1-9H3. The lowest BCUT2D eigenvalue weighted by Gasteiger charge is -2.24. The molecular weight excluding hydrogens is 468 g/mol. The van der Waals surface area contributed by atoms with Gasteiger partial charge < -0.3 is 8.83 Å². The Balaban J connectivity index is 1.51. The van der Waals surface area contributed by atoms with E-state index in [-0.39, 0.29) is 21.7 Å². The van der Waals surface area contributed by atoms with Crippen molar-refractivity contribution in [2.45, 2.75) is 96.8 Å². The Bertz CT molecular complexity index is 1250. The summed E-state index contributed by atoms with van der Waals surface area (Å²) < 4.78 is 12.1. The molecule has 0 N–H and O–H groups in total. The van der Waals surface area contributed by atoms with Gasteiger partial charge >= 0.3 is 0 Å². The van der Waals surface area contributed by atoms with E-state index in [2.05, 4.69) is 103 Å². The molecule has 0 aliphatic carbocycles. The third-order valence-electron chi connectivity index (χ3n) is 7.25. The number of rotatable bonds is 8. The van der Waals surface area contributed by atoms with Gasteiger partial charge in [0.1, 0.15) is 11.5 Å². The van der Waals surface area contributed by atoms with Crippen molar-refractivity contribution in [2.75, 3.05) is 0 Å². The highest BCUT2D eigenvalue weighted by molar-refractivity contribution is 7.10. The molecular formula is C31H40O2S2. The molecule has 0 saturated heterocycles. The summed E-state index contributed by atoms with van der Waals surface area (Å²) in [5.41, 5.74) is 5.20. The van der Waals surface area contributed by atoms with Crippen LogP contribution in [0.4, 0.5) is 0 Å². The molecule has 0 unspecified atom stereocenters. The fourth-order valence-corrected chi connectivity index (χ4v) is 6.56. The summed E-state index contributed by atoms with van der Waals surface area (Å²) in [4.78, 5) is 1.34. The summed E-state index contributed by atoms with van der Waals surface area (Å²) >= 11 is 3.62. The predicted molar refractivity (Wildman–Crippen MR) is 150 cm³/mol. The topological polar surface area (TPSA) is 26.3 Å². The summed E-state index contributed by atoms with van der Waals surface area (Å²) in [5.74, 6) is 2.06. The Morgan fingerprint density at radius 3 is 1.97 bits per heavy atom. The summed E-state index contributed by atoms with van der Waals surface area (Å²) in [7, 11) is 0. The first-order chi connectivity index (χ1) is 16.2. The van der Waals surface area contributed by atoms with Crippen LogP contribution in [0, 0.1) is 0 Å². The van der Waals surface area contributed by atoms with Crippen molar-refractivity contribution < 1.29 is 8.83 Å². The zero-order valence-electron chi connectivity index (χ0n) is 22.7. The molecule has 35 heavy (non-hydrogen) atoms. The van der Waals surface area contributed by atoms with Crippen LogP contribution in [0.5, 0.6) is 0 Å². The maximum atomic E-state index is 6.22. The molecule has 0 amide bonds. The van der Waals surface area contributed by atoms with E-state index in [9.17, 15) is 0 Å². The van der Waals surface area contributed by atoms with Crippen LogP contribution in [0.2, 0.25) is 0 Å². The molecule has 0 aliphatic rings. The molecule has 0 aromatic carbocycles. The molecule has 2 nitrogen and oxygen atoms in total. The second kappa shape index (κ2) is 9.12. The smallest absolute Gasteiger partial charge is 0.114 e. The zero-order valence-corrected chi connectivity index (χ0v) is 24.4. The summed E-state index contributed by atoms with van der Waals surface area (Å²) in [6, 6.07) is 9.10. The average Bonchev–Trinajstić information content (AvgIpc) is 3.53. The Hall–Kier alpha value is -2.04. The monoisotopic (exact) mass is 508 g/mol. The van der Waals surface area contributed by atoms with Crippen LogP contribution in [0.15, 0.2) is 61.8 Å². The number of hydrogen-bond donors (Lipinski definition) is 0. The Morgan fingerprint density at radius 1 is 0.686 bits per heavy atom. The van der Waals surface area contributed by atoms with Gasteiger partial charge in [-0.2, -0.15) is 11.3 Å². The van der Waals surface area contributed by atoms with Crippen molar-refractivity contribution in [1.82, 2.24) is 0 Å². The van der Waals surface area contributed by atoms with Crippen molar-refractivity contribution in [3.63, 3.8) is 0 Å². The maximum absolute atomic E-state index is 6.22. The molecule has 4 rings (SSSR count). The van der Waals surface area contributed by atoms with Gasteiger partial charge in [-0.15, -0.1) is 11.3 Å². The van der Waals surface area contributed by atoms with Crippen LogP contribution in [0.3, 0.4) is 0 Å². The molecule has 4 aromatic heterocycles. The van der Waals surface area contributed by atoms with E-state index in [0.717, 1.165) is 24.4 Å².